The molecule has 1 heterocycles. The van der Waals surface area contributed by atoms with Gasteiger partial charge >= 0.3 is 6.03 Å². The molecule has 26 heavy (non-hydrogen) atoms. The number of nitrogens with zero attached hydrogens (tertiary/aromatic N) is 1. The van der Waals surface area contributed by atoms with E-state index in [0.29, 0.717) is 5.69 Å². The molecule has 0 radical (unpaired) electrons. The van der Waals surface area contributed by atoms with Crippen LogP contribution in [0.25, 0.3) is 10.8 Å². The average Bonchev–Trinajstić information content (AvgIpc) is 2.60. The van der Waals surface area contributed by atoms with Crippen molar-refractivity contribution in [1.82, 2.24) is 10.3 Å². The van der Waals surface area contributed by atoms with Crippen LogP contribution >= 0.6 is 23.2 Å². The van der Waals surface area contributed by atoms with Crippen molar-refractivity contribution in [3.8, 4) is 0 Å². The van der Waals surface area contributed by atoms with Gasteiger partial charge in [-0.25, -0.2) is 14.2 Å². The number of hydrogen-bond acceptors (Lipinski definition) is 3. The number of aryl methyl sites for hydroxylation is 1. The number of amides is 3. The van der Waals surface area contributed by atoms with Crippen molar-refractivity contribution in [3.63, 3.8) is 0 Å². The fourth-order valence-electron chi connectivity index (χ4n) is 2.47. The third-order valence-corrected chi connectivity index (χ3v) is 4.29. The minimum atomic E-state index is -0.911. The van der Waals surface area contributed by atoms with Crippen molar-refractivity contribution in [1.29, 1.82) is 0 Å². The number of carbonyl (C=O) groups is 2. The molecular formula is C18H12Cl2FN3O2. The fourth-order valence-corrected chi connectivity index (χ4v) is 2.87. The molecule has 0 aliphatic heterocycles. The zero-order chi connectivity index (χ0) is 18.8. The van der Waals surface area contributed by atoms with Gasteiger partial charge in [-0.2, -0.15) is 0 Å². The van der Waals surface area contributed by atoms with Gasteiger partial charge in [-0.05, 0) is 23.9 Å². The Morgan fingerprint density at radius 2 is 1.81 bits per heavy atom. The van der Waals surface area contributed by atoms with Crippen LogP contribution in [0.15, 0.2) is 42.5 Å². The summed E-state index contributed by atoms with van der Waals surface area (Å²) in [5, 5.41) is 5.75. The molecule has 0 fully saturated rings. The molecule has 0 bridgehead atoms. The quantitative estimate of drug-likeness (QED) is 0.607. The highest BCUT2D eigenvalue weighted by molar-refractivity contribution is 6.35. The van der Waals surface area contributed by atoms with Gasteiger partial charge in [0.05, 0.1) is 11.3 Å². The van der Waals surface area contributed by atoms with Gasteiger partial charge in [-0.3, -0.25) is 10.1 Å². The Labute approximate surface area is 158 Å². The lowest BCUT2D eigenvalue weighted by Crippen LogP contribution is -2.35. The van der Waals surface area contributed by atoms with Crippen molar-refractivity contribution >= 4 is 51.6 Å². The highest BCUT2D eigenvalue weighted by atomic mass is 35.5. The Hall–Kier alpha value is -2.70. The molecule has 0 atom stereocenters. The topological polar surface area (TPSA) is 71.1 Å². The summed E-state index contributed by atoms with van der Waals surface area (Å²) in [6, 6.07) is 11.3. The molecule has 3 aromatic rings. The predicted octanol–water partition coefficient (Wildman–Crippen LogP) is 4.95. The summed E-state index contributed by atoms with van der Waals surface area (Å²) in [4.78, 5) is 27.9. The van der Waals surface area contributed by atoms with Crippen molar-refractivity contribution in [2.24, 2.45) is 0 Å². The molecule has 0 aliphatic carbocycles. The van der Waals surface area contributed by atoms with Crippen LogP contribution in [-0.4, -0.2) is 16.9 Å². The van der Waals surface area contributed by atoms with Crippen LogP contribution < -0.4 is 10.6 Å². The van der Waals surface area contributed by atoms with Crippen molar-refractivity contribution in [3.05, 3.63) is 69.7 Å². The first-order valence-electron chi connectivity index (χ1n) is 7.49. The van der Waals surface area contributed by atoms with Crippen LogP contribution in [0, 0.1) is 12.7 Å². The normalized spacial score (nSPS) is 10.6. The van der Waals surface area contributed by atoms with E-state index in [0.717, 1.165) is 22.4 Å². The van der Waals surface area contributed by atoms with E-state index < -0.39 is 22.9 Å². The van der Waals surface area contributed by atoms with Crippen LogP contribution in [0.1, 0.15) is 15.9 Å². The summed E-state index contributed by atoms with van der Waals surface area (Å²) >= 11 is 11.3. The van der Waals surface area contributed by atoms with E-state index in [1.54, 1.807) is 0 Å². The number of rotatable bonds is 2. The van der Waals surface area contributed by atoms with Crippen molar-refractivity contribution in [2.75, 3.05) is 5.32 Å². The molecule has 0 spiro atoms. The predicted molar refractivity (Wildman–Crippen MR) is 99.4 cm³/mol. The molecule has 2 aromatic carbocycles. The number of imide groups is 1. The molecule has 132 valence electrons. The number of anilines is 1. The van der Waals surface area contributed by atoms with Gasteiger partial charge in [0.25, 0.3) is 5.91 Å². The summed E-state index contributed by atoms with van der Waals surface area (Å²) in [5.41, 5.74) is 1.10. The number of hydrogen-bond donors (Lipinski definition) is 2. The summed E-state index contributed by atoms with van der Waals surface area (Å²) < 4.78 is 13.5. The van der Waals surface area contributed by atoms with E-state index >= 15 is 0 Å². The highest BCUT2D eigenvalue weighted by Gasteiger charge is 2.18. The second-order valence-electron chi connectivity index (χ2n) is 5.49. The minimum absolute atomic E-state index is 0.293. The molecule has 2 N–H and O–H groups in total. The molecule has 3 rings (SSSR count). The molecular weight excluding hydrogens is 380 g/mol. The Morgan fingerprint density at radius 3 is 2.58 bits per heavy atom. The number of benzene rings is 2. The Kier molecular flexibility index (Phi) is 5.06. The summed E-state index contributed by atoms with van der Waals surface area (Å²) in [7, 11) is 0. The lowest BCUT2D eigenvalue weighted by Gasteiger charge is -2.12. The van der Waals surface area contributed by atoms with Crippen LogP contribution in [0.5, 0.6) is 0 Å². The molecule has 0 unspecified atom stereocenters. The number of nitrogens with one attached hydrogen (secondary N) is 2. The molecule has 8 heteroatoms. The first-order chi connectivity index (χ1) is 12.4. The molecule has 0 aliphatic rings. The standard InChI is InChI=1S/C18H12Cl2FN3O2/c1-9-6-7-10-4-2-3-5-11(10)14(9)22-18(26)24-17(25)12-8-13(21)16(20)23-15(12)19/h2-8H,1H3,(H2,22,24,25,26). The van der Waals surface area contributed by atoms with Gasteiger partial charge in [0, 0.05) is 5.39 Å². The first kappa shape index (κ1) is 18.1. The van der Waals surface area contributed by atoms with Crippen molar-refractivity contribution < 1.29 is 14.0 Å². The monoisotopic (exact) mass is 391 g/mol. The maximum absolute atomic E-state index is 13.5. The third kappa shape index (κ3) is 3.61. The van der Waals surface area contributed by atoms with Gasteiger partial charge < -0.3 is 5.32 Å². The summed E-state index contributed by atoms with van der Waals surface area (Å²) in [6.45, 7) is 1.83. The molecule has 1 aromatic heterocycles. The maximum Gasteiger partial charge on any atom is 0.326 e. The van der Waals surface area contributed by atoms with Gasteiger partial charge in [0.15, 0.2) is 11.0 Å². The van der Waals surface area contributed by atoms with E-state index in [2.05, 4.69) is 15.6 Å². The second-order valence-corrected chi connectivity index (χ2v) is 6.20. The number of pyridine rings is 1. The Bertz CT molecular complexity index is 1040. The largest absolute Gasteiger partial charge is 0.326 e. The lowest BCUT2D eigenvalue weighted by molar-refractivity contribution is 0.0966. The third-order valence-electron chi connectivity index (χ3n) is 3.73. The van der Waals surface area contributed by atoms with Gasteiger partial charge in [-0.1, -0.05) is 59.6 Å². The average molecular weight is 392 g/mol. The van der Waals surface area contributed by atoms with Crippen LogP contribution in [0.2, 0.25) is 10.3 Å². The smallest absolute Gasteiger partial charge is 0.307 e. The zero-order valence-corrected chi connectivity index (χ0v) is 15.0. The van der Waals surface area contributed by atoms with Crippen LogP contribution in [0.3, 0.4) is 0 Å². The Morgan fingerprint density at radius 1 is 1.08 bits per heavy atom. The summed E-state index contributed by atoms with van der Waals surface area (Å²) in [6.07, 6.45) is 0. The van der Waals surface area contributed by atoms with E-state index in [1.165, 1.54) is 0 Å². The van der Waals surface area contributed by atoms with Gasteiger partial charge in [-0.15, -0.1) is 0 Å². The van der Waals surface area contributed by atoms with Crippen LogP contribution in [0.4, 0.5) is 14.9 Å². The fraction of sp³-hybridized carbons (Fsp3) is 0.0556. The number of carbonyl (C=O) groups excluding carboxylic acids is 2. The van der Waals surface area contributed by atoms with E-state index in [9.17, 15) is 14.0 Å². The number of halogens is 3. The number of aromatic nitrogens is 1. The zero-order valence-electron chi connectivity index (χ0n) is 13.4. The first-order valence-corrected chi connectivity index (χ1v) is 8.24. The highest BCUT2D eigenvalue weighted by Crippen LogP contribution is 2.27. The second kappa shape index (κ2) is 7.27. The van der Waals surface area contributed by atoms with E-state index in [4.69, 9.17) is 23.2 Å². The SMILES string of the molecule is Cc1ccc2ccccc2c1NC(=O)NC(=O)c1cc(F)c(Cl)nc1Cl. The number of urea groups is 1. The molecule has 0 saturated heterocycles. The van der Waals surface area contributed by atoms with Gasteiger partial charge in [0.2, 0.25) is 0 Å². The number of fused-ring (bicyclic) bond motifs is 1. The molecule has 0 saturated carbocycles. The lowest BCUT2D eigenvalue weighted by atomic mass is 10.0. The van der Waals surface area contributed by atoms with E-state index in [1.807, 2.05) is 43.3 Å². The summed E-state index contributed by atoms with van der Waals surface area (Å²) in [5.74, 6) is -1.81. The van der Waals surface area contributed by atoms with Crippen molar-refractivity contribution in [2.45, 2.75) is 6.92 Å². The Balaban J connectivity index is 1.83. The van der Waals surface area contributed by atoms with Crippen LogP contribution in [-0.2, 0) is 0 Å². The van der Waals surface area contributed by atoms with Gasteiger partial charge in [0.1, 0.15) is 5.15 Å². The molecule has 3 amide bonds. The minimum Gasteiger partial charge on any atom is -0.307 e. The van der Waals surface area contributed by atoms with E-state index in [-0.39, 0.29) is 10.7 Å². The maximum atomic E-state index is 13.5. The molecule has 5 nitrogen and oxygen atoms in total.